The Balaban J connectivity index is 2.58. The Bertz CT molecular complexity index is 183. The van der Waals surface area contributed by atoms with E-state index >= 15 is 0 Å². The molecule has 1 saturated carbocycles. The minimum atomic E-state index is 0.244. The Kier molecular flexibility index (Phi) is 2.17. The molecule has 0 amide bonds. The molecule has 0 aromatic heterocycles. The third-order valence-corrected chi connectivity index (χ3v) is 2.95. The van der Waals surface area contributed by atoms with E-state index in [2.05, 4.69) is 13.5 Å². The van der Waals surface area contributed by atoms with Gasteiger partial charge in [-0.15, -0.1) is 6.58 Å². The molecule has 1 aliphatic rings. The van der Waals surface area contributed by atoms with Gasteiger partial charge in [0.15, 0.2) is 0 Å². The topological polar surface area (TPSA) is 17.1 Å². The van der Waals surface area contributed by atoms with E-state index in [0.29, 0.717) is 11.7 Å². The van der Waals surface area contributed by atoms with E-state index in [-0.39, 0.29) is 5.41 Å². The third-order valence-electron chi connectivity index (χ3n) is 2.95. The highest BCUT2D eigenvalue weighted by molar-refractivity contribution is 5.80. The van der Waals surface area contributed by atoms with Crippen molar-refractivity contribution in [3.05, 3.63) is 12.7 Å². The smallest absolute Gasteiger partial charge is 0.133 e. The lowest BCUT2D eigenvalue weighted by Gasteiger charge is -2.45. The van der Waals surface area contributed by atoms with Crippen molar-refractivity contribution in [2.24, 2.45) is 11.3 Å². The molecule has 2 atom stereocenters. The van der Waals surface area contributed by atoms with Gasteiger partial charge in [-0.05, 0) is 31.6 Å². The summed E-state index contributed by atoms with van der Waals surface area (Å²) in [6, 6.07) is 0. The monoisotopic (exact) mass is 152 g/mol. The maximum absolute atomic E-state index is 11.1. The van der Waals surface area contributed by atoms with Crippen molar-refractivity contribution in [2.45, 2.75) is 33.1 Å². The lowest BCUT2D eigenvalue weighted by atomic mass is 9.58. The first-order valence-corrected chi connectivity index (χ1v) is 4.21. The summed E-state index contributed by atoms with van der Waals surface area (Å²) in [7, 11) is 0. The quantitative estimate of drug-likeness (QED) is 0.568. The largest absolute Gasteiger partial charge is 0.300 e. The minimum absolute atomic E-state index is 0.244. The molecule has 0 bridgehead atoms. The van der Waals surface area contributed by atoms with Crippen molar-refractivity contribution in [2.75, 3.05) is 0 Å². The number of ketones is 1. The lowest BCUT2D eigenvalue weighted by Crippen LogP contribution is -2.41. The van der Waals surface area contributed by atoms with Gasteiger partial charge >= 0.3 is 0 Å². The van der Waals surface area contributed by atoms with Gasteiger partial charge < -0.3 is 0 Å². The van der Waals surface area contributed by atoms with Crippen LogP contribution < -0.4 is 0 Å². The van der Waals surface area contributed by atoms with Crippen molar-refractivity contribution >= 4 is 5.78 Å². The molecule has 1 nitrogen and oxygen atoms in total. The molecule has 1 heteroatoms. The van der Waals surface area contributed by atoms with E-state index in [1.54, 1.807) is 6.92 Å². The van der Waals surface area contributed by atoms with Gasteiger partial charge in [0.1, 0.15) is 5.78 Å². The Morgan fingerprint density at radius 2 is 2.45 bits per heavy atom. The highest BCUT2D eigenvalue weighted by Gasteiger charge is 2.43. The second kappa shape index (κ2) is 2.80. The number of carbonyl (C=O) groups excluding carboxylic acids is 1. The zero-order chi connectivity index (χ0) is 8.48. The molecule has 62 valence electrons. The highest BCUT2D eigenvalue weighted by atomic mass is 16.1. The Labute approximate surface area is 68.5 Å². The number of carbonyl (C=O) groups is 1. The van der Waals surface area contributed by atoms with Gasteiger partial charge in [0.05, 0.1) is 0 Å². The van der Waals surface area contributed by atoms with Crippen LogP contribution in [0.15, 0.2) is 12.7 Å². The van der Waals surface area contributed by atoms with E-state index in [1.807, 2.05) is 6.08 Å². The molecular weight excluding hydrogens is 136 g/mol. The van der Waals surface area contributed by atoms with Gasteiger partial charge in [0.25, 0.3) is 0 Å². The molecule has 0 heterocycles. The molecule has 1 rings (SSSR count). The highest BCUT2D eigenvalue weighted by Crippen LogP contribution is 2.49. The molecule has 1 fully saturated rings. The molecule has 11 heavy (non-hydrogen) atoms. The Hall–Kier alpha value is -0.590. The fraction of sp³-hybridized carbons (Fsp3) is 0.700. The number of rotatable bonds is 3. The van der Waals surface area contributed by atoms with Crippen LogP contribution in [0.1, 0.15) is 33.1 Å². The Morgan fingerprint density at radius 1 is 1.82 bits per heavy atom. The summed E-state index contributed by atoms with van der Waals surface area (Å²) in [6.45, 7) is 7.59. The molecule has 0 aliphatic heterocycles. The lowest BCUT2D eigenvalue weighted by molar-refractivity contribution is -0.130. The normalized spacial score (nSPS) is 36.0. The van der Waals surface area contributed by atoms with Gasteiger partial charge in [-0.1, -0.05) is 13.0 Å². The van der Waals surface area contributed by atoms with Crippen molar-refractivity contribution in [1.29, 1.82) is 0 Å². The predicted octanol–water partition coefficient (Wildman–Crippen LogP) is 2.57. The van der Waals surface area contributed by atoms with Crippen molar-refractivity contribution in [1.82, 2.24) is 0 Å². The molecule has 0 aromatic rings. The number of Topliss-reactive ketones (excluding diaryl/α,β-unsaturated/α-hetero) is 1. The molecule has 0 radical (unpaired) electrons. The molecule has 0 N–H and O–H groups in total. The molecule has 0 saturated heterocycles. The molecular formula is C10H16O. The second-order valence-corrected chi connectivity index (χ2v) is 3.85. The van der Waals surface area contributed by atoms with Crippen molar-refractivity contribution in [3.63, 3.8) is 0 Å². The van der Waals surface area contributed by atoms with Crippen LogP contribution in [-0.4, -0.2) is 5.78 Å². The standard InChI is InChI=1S/C10H16O/c1-4-6-10(3)7-5-9(10)8(2)11/h4,9H,1,5-7H2,2-3H3. The second-order valence-electron chi connectivity index (χ2n) is 3.85. The molecule has 0 aromatic carbocycles. The van der Waals surface area contributed by atoms with E-state index in [9.17, 15) is 4.79 Å². The Morgan fingerprint density at radius 3 is 2.73 bits per heavy atom. The summed E-state index contributed by atoms with van der Waals surface area (Å²) >= 11 is 0. The molecule has 0 spiro atoms. The summed E-state index contributed by atoms with van der Waals surface area (Å²) in [4.78, 5) is 11.1. The fourth-order valence-electron chi connectivity index (χ4n) is 2.05. The average molecular weight is 152 g/mol. The number of allylic oxidation sites excluding steroid dienone is 1. The molecule has 1 aliphatic carbocycles. The summed E-state index contributed by atoms with van der Waals surface area (Å²) in [5.41, 5.74) is 0.244. The van der Waals surface area contributed by atoms with E-state index in [0.717, 1.165) is 12.8 Å². The van der Waals surface area contributed by atoms with Gasteiger partial charge in [0.2, 0.25) is 0 Å². The average Bonchev–Trinajstić information content (AvgIpc) is 1.85. The van der Waals surface area contributed by atoms with E-state index in [1.165, 1.54) is 6.42 Å². The van der Waals surface area contributed by atoms with Gasteiger partial charge in [-0.3, -0.25) is 4.79 Å². The number of hydrogen-bond donors (Lipinski definition) is 0. The SMILES string of the molecule is C=CCC1(C)CCC1C(C)=O. The zero-order valence-corrected chi connectivity index (χ0v) is 7.39. The summed E-state index contributed by atoms with van der Waals surface area (Å²) < 4.78 is 0. The summed E-state index contributed by atoms with van der Waals surface area (Å²) in [6.07, 6.45) is 5.18. The van der Waals surface area contributed by atoms with Crippen LogP contribution >= 0.6 is 0 Å². The number of hydrogen-bond acceptors (Lipinski definition) is 1. The van der Waals surface area contributed by atoms with Gasteiger partial charge in [-0.2, -0.15) is 0 Å². The minimum Gasteiger partial charge on any atom is -0.300 e. The maximum atomic E-state index is 11.1. The van der Waals surface area contributed by atoms with E-state index in [4.69, 9.17) is 0 Å². The van der Waals surface area contributed by atoms with Crippen LogP contribution in [0.3, 0.4) is 0 Å². The van der Waals surface area contributed by atoms with E-state index < -0.39 is 0 Å². The van der Waals surface area contributed by atoms with Gasteiger partial charge in [0, 0.05) is 5.92 Å². The van der Waals surface area contributed by atoms with Crippen LogP contribution in [-0.2, 0) is 4.79 Å². The van der Waals surface area contributed by atoms with Crippen LogP contribution in [0, 0.1) is 11.3 Å². The zero-order valence-electron chi connectivity index (χ0n) is 7.39. The summed E-state index contributed by atoms with van der Waals surface area (Å²) in [5.74, 6) is 0.654. The maximum Gasteiger partial charge on any atom is 0.133 e. The van der Waals surface area contributed by atoms with Crippen LogP contribution in [0.2, 0.25) is 0 Å². The van der Waals surface area contributed by atoms with Crippen LogP contribution in [0.25, 0.3) is 0 Å². The first kappa shape index (κ1) is 8.51. The predicted molar refractivity (Wildman–Crippen MR) is 46.3 cm³/mol. The fourth-order valence-corrected chi connectivity index (χ4v) is 2.05. The van der Waals surface area contributed by atoms with Crippen molar-refractivity contribution < 1.29 is 4.79 Å². The first-order valence-electron chi connectivity index (χ1n) is 4.21. The van der Waals surface area contributed by atoms with Crippen LogP contribution in [0.5, 0.6) is 0 Å². The van der Waals surface area contributed by atoms with Crippen molar-refractivity contribution in [3.8, 4) is 0 Å². The van der Waals surface area contributed by atoms with Crippen LogP contribution in [0.4, 0.5) is 0 Å². The molecule has 2 unspecified atom stereocenters. The summed E-state index contributed by atoms with van der Waals surface area (Å²) in [5, 5.41) is 0. The third kappa shape index (κ3) is 1.37. The van der Waals surface area contributed by atoms with Gasteiger partial charge in [-0.25, -0.2) is 0 Å². The first-order chi connectivity index (χ1) is 5.10.